The van der Waals surface area contributed by atoms with Gasteiger partial charge >= 0.3 is 26.5 Å². The van der Waals surface area contributed by atoms with Crippen molar-refractivity contribution in [3.05, 3.63) is 96.8 Å². The molecule has 2 aromatic carbocycles. The van der Waals surface area contributed by atoms with Gasteiger partial charge in [0.05, 0.1) is 18.9 Å². The number of nitrogens with one attached hydrogen (secondary N) is 3. The van der Waals surface area contributed by atoms with Gasteiger partial charge in [0.15, 0.2) is 0 Å². The van der Waals surface area contributed by atoms with E-state index < -0.39 is 43.1 Å². The van der Waals surface area contributed by atoms with E-state index in [1.807, 2.05) is 17.0 Å². The Morgan fingerprint density at radius 2 is 1.01 bits per heavy atom. The number of amides is 1. The molecule has 0 bridgehead atoms. The van der Waals surface area contributed by atoms with Gasteiger partial charge in [-0.2, -0.15) is 25.4 Å². The van der Waals surface area contributed by atoms with E-state index in [4.69, 9.17) is 8.85 Å². The average molecular weight is 1020 g/mol. The second-order valence-corrected chi connectivity index (χ2v) is 32.2. The predicted molar refractivity (Wildman–Crippen MR) is 269 cm³/mol. The fourth-order valence-corrected chi connectivity index (χ4v) is 10.5. The Balaban J connectivity index is 0.000000206. The number of pyridine rings is 2. The minimum atomic E-state index is -4.02. The van der Waals surface area contributed by atoms with Crippen molar-refractivity contribution >= 4 is 66.2 Å². The highest BCUT2D eigenvalue weighted by atomic mass is 32.2. The summed E-state index contributed by atoms with van der Waals surface area (Å²) in [6.07, 6.45) is 2.14. The van der Waals surface area contributed by atoms with Crippen molar-refractivity contribution < 1.29 is 44.0 Å². The van der Waals surface area contributed by atoms with E-state index in [1.165, 1.54) is 40.8 Å². The largest absolute Gasteiger partial charge is 0.542 e. The number of aromatic nitrogens is 2. The topological polar surface area (TPSA) is 188 Å². The van der Waals surface area contributed by atoms with Gasteiger partial charge in [0.2, 0.25) is 0 Å². The lowest BCUT2D eigenvalue weighted by atomic mass is 10.2. The molecule has 3 aliphatic heterocycles. The summed E-state index contributed by atoms with van der Waals surface area (Å²) in [6, 6.07) is 19.4. The van der Waals surface area contributed by atoms with Crippen LogP contribution in [0.5, 0.6) is 11.5 Å². The Morgan fingerprint density at radius 3 is 1.38 bits per heavy atom. The summed E-state index contributed by atoms with van der Waals surface area (Å²) < 4.78 is 99.2. The van der Waals surface area contributed by atoms with E-state index in [-0.39, 0.29) is 46.5 Å². The van der Waals surface area contributed by atoms with Gasteiger partial charge in [-0.3, -0.25) is 4.72 Å². The van der Waals surface area contributed by atoms with Crippen LogP contribution in [0.2, 0.25) is 36.3 Å². The average Bonchev–Trinajstić information content (AvgIpc) is 3.72. The SMILES string of the molecule is CC(C)(C)[Si](C)(C)Oc1ccc(NS(=O)(=O)N2CCN(c3ccc(F)cc3)CC2)nc1.CC(C)(C)[Si](C)(C)Oc1ccc(NS(=O)(=O)N2CCOC2=O)nc1.Fc1ccc(N2CCNCC2)cc1. The van der Waals surface area contributed by atoms with Crippen molar-refractivity contribution in [2.24, 2.45) is 0 Å². The highest BCUT2D eigenvalue weighted by Gasteiger charge is 2.40. The van der Waals surface area contributed by atoms with Gasteiger partial charge in [-0.05, 0) is 109 Å². The zero-order chi connectivity index (χ0) is 50.1. The van der Waals surface area contributed by atoms with Crippen LogP contribution in [0.25, 0.3) is 0 Å². The molecule has 5 heterocycles. The fourth-order valence-electron chi connectivity index (χ4n) is 6.29. The molecule has 1 amide bonds. The Morgan fingerprint density at radius 1 is 0.603 bits per heavy atom. The van der Waals surface area contributed by atoms with E-state index in [0.717, 1.165) is 37.6 Å². The molecule has 4 aromatic rings. The molecule has 68 heavy (non-hydrogen) atoms. The van der Waals surface area contributed by atoms with Crippen LogP contribution in [0.1, 0.15) is 41.5 Å². The Hall–Kier alpha value is -5.08. The van der Waals surface area contributed by atoms with E-state index in [2.05, 4.69) is 102 Å². The Bertz CT molecular complexity index is 2490. The molecule has 0 unspecified atom stereocenters. The van der Waals surface area contributed by atoms with Crippen LogP contribution >= 0.6 is 0 Å². The lowest BCUT2D eigenvalue weighted by Crippen LogP contribution is -2.50. The molecule has 2 aromatic heterocycles. The number of piperazine rings is 2. The monoisotopic (exact) mass is 1020 g/mol. The third-order valence-corrected chi connectivity index (χ3v) is 24.0. The summed E-state index contributed by atoms with van der Waals surface area (Å²) in [5.41, 5.74) is 1.99. The second-order valence-electron chi connectivity index (χ2n) is 19.5. The molecule has 0 radical (unpaired) electrons. The summed E-state index contributed by atoms with van der Waals surface area (Å²) in [4.78, 5) is 23.9. The predicted octanol–water partition coefficient (Wildman–Crippen LogP) is 7.89. The number of hydrogen-bond donors (Lipinski definition) is 3. The Labute approximate surface area is 403 Å². The van der Waals surface area contributed by atoms with Gasteiger partial charge < -0.3 is 28.7 Å². The minimum Gasteiger partial charge on any atom is -0.542 e. The number of ether oxygens (including phenoxy) is 1. The molecule has 23 heteroatoms. The molecule has 0 atom stereocenters. The molecule has 0 spiro atoms. The Kier molecular flexibility index (Phi) is 17.5. The van der Waals surface area contributed by atoms with Crippen molar-refractivity contribution in [2.45, 2.75) is 77.8 Å². The maximum absolute atomic E-state index is 13.1. The zero-order valence-electron chi connectivity index (χ0n) is 40.7. The van der Waals surface area contributed by atoms with E-state index in [0.29, 0.717) is 42.0 Å². The number of benzene rings is 2. The van der Waals surface area contributed by atoms with Crippen LogP contribution in [0, 0.1) is 11.6 Å². The molecular weight excluding hydrogens is 953 g/mol. The number of carbonyl (C=O) groups excluding carboxylic acids is 1. The summed E-state index contributed by atoms with van der Waals surface area (Å²) in [7, 11) is -11.7. The third-order valence-electron chi connectivity index (χ3n) is 12.4. The first-order valence-corrected chi connectivity index (χ1v) is 31.1. The quantitative estimate of drug-likeness (QED) is 0.116. The number of anilines is 4. The maximum atomic E-state index is 13.1. The van der Waals surface area contributed by atoms with Crippen LogP contribution in [-0.2, 0) is 25.2 Å². The van der Waals surface area contributed by atoms with E-state index >= 15 is 0 Å². The van der Waals surface area contributed by atoms with Crippen molar-refractivity contribution in [2.75, 3.05) is 84.8 Å². The second kappa shape index (κ2) is 22.1. The van der Waals surface area contributed by atoms with Gasteiger partial charge in [-0.25, -0.2) is 28.3 Å². The zero-order valence-corrected chi connectivity index (χ0v) is 44.3. The summed E-state index contributed by atoms with van der Waals surface area (Å²) in [6.45, 7) is 27.2. The summed E-state index contributed by atoms with van der Waals surface area (Å²) in [5.74, 6) is 1.13. The van der Waals surface area contributed by atoms with Gasteiger partial charge in [0.25, 0.3) is 16.6 Å². The van der Waals surface area contributed by atoms with Crippen molar-refractivity contribution in [1.29, 1.82) is 0 Å². The highest BCUT2D eigenvalue weighted by molar-refractivity contribution is 7.91. The molecule has 374 valence electrons. The molecule has 3 saturated heterocycles. The number of rotatable bonds is 12. The molecule has 7 rings (SSSR count). The van der Waals surface area contributed by atoms with Gasteiger partial charge in [0.1, 0.15) is 41.4 Å². The lowest BCUT2D eigenvalue weighted by Gasteiger charge is -2.36. The molecule has 3 fully saturated rings. The number of nitrogens with zero attached hydrogens (tertiary/aromatic N) is 6. The molecule has 0 aliphatic carbocycles. The van der Waals surface area contributed by atoms with Crippen LogP contribution in [0.3, 0.4) is 0 Å². The fraction of sp³-hybridized carbons (Fsp3) is 0.489. The first-order valence-electron chi connectivity index (χ1n) is 22.4. The van der Waals surface area contributed by atoms with Crippen LogP contribution in [0.15, 0.2) is 85.2 Å². The molecular formula is C45H67F2N9O8S2Si2. The van der Waals surface area contributed by atoms with E-state index in [1.54, 1.807) is 36.5 Å². The third kappa shape index (κ3) is 15.0. The van der Waals surface area contributed by atoms with Gasteiger partial charge in [0, 0.05) is 63.7 Å². The molecule has 3 N–H and O–H groups in total. The van der Waals surface area contributed by atoms with Crippen molar-refractivity contribution in [3.8, 4) is 11.5 Å². The molecule has 0 saturated carbocycles. The highest BCUT2D eigenvalue weighted by Crippen LogP contribution is 2.38. The minimum absolute atomic E-state index is 0.0132. The smallest absolute Gasteiger partial charge is 0.425 e. The van der Waals surface area contributed by atoms with Gasteiger partial charge in [-0.1, -0.05) is 41.5 Å². The van der Waals surface area contributed by atoms with E-state index in [9.17, 15) is 30.4 Å². The number of halogens is 2. The number of hydrogen-bond acceptors (Lipinski definition) is 13. The van der Waals surface area contributed by atoms with Crippen LogP contribution in [-0.4, -0.2) is 124 Å². The normalized spacial score (nSPS) is 16.4. The lowest BCUT2D eigenvalue weighted by molar-refractivity contribution is 0.170. The maximum Gasteiger partial charge on any atom is 0.425 e. The van der Waals surface area contributed by atoms with Crippen molar-refractivity contribution in [1.82, 2.24) is 23.9 Å². The number of carbonyl (C=O) groups is 1. The first-order chi connectivity index (χ1) is 31.7. The van der Waals surface area contributed by atoms with Gasteiger partial charge in [-0.15, -0.1) is 0 Å². The molecule has 17 nitrogen and oxygen atoms in total. The van der Waals surface area contributed by atoms with Crippen molar-refractivity contribution in [3.63, 3.8) is 0 Å². The summed E-state index contributed by atoms with van der Waals surface area (Å²) in [5, 5.41) is 3.38. The van der Waals surface area contributed by atoms with Crippen LogP contribution in [0.4, 0.5) is 36.6 Å². The standard InChI is InChI=1S/C21H31FN4O3SSi.C14H23N3O5SSi.C10H13FN2/c1-21(2,3)31(4,5)29-19-10-11-20(23-16-19)24-30(27,28)26-14-12-25(13-15-26)18-8-6-17(22)7-9-18;1-14(2,3)24(4,5)22-11-6-7-12(15-10-11)16-23(19,20)17-8-9-21-13(17)18;11-9-1-3-10(4-2-9)13-7-5-12-6-8-13/h6-11,16H,12-15H2,1-5H3,(H,23,24);6-7,10H,8-9H2,1-5H3,(H,15,16);1-4,12H,5-8H2. The molecule has 3 aliphatic rings. The van der Waals surface area contributed by atoms with Crippen LogP contribution < -0.4 is 33.4 Å². The number of cyclic esters (lactones) is 1. The first kappa shape index (κ1) is 53.9. The summed E-state index contributed by atoms with van der Waals surface area (Å²) >= 11 is 0.